The molecule has 4 atom stereocenters. The molecule has 2 aromatic carbocycles. The van der Waals surface area contributed by atoms with Crippen molar-refractivity contribution in [3.63, 3.8) is 0 Å². The number of rotatable bonds is 3. The van der Waals surface area contributed by atoms with Gasteiger partial charge in [0, 0.05) is 59.3 Å². The Morgan fingerprint density at radius 2 is 1.74 bits per heavy atom. The van der Waals surface area contributed by atoms with Gasteiger partial charge in [-0.1, -0.05) is 0 Å². The Labute approximate surface area is 226 Å². The van der Waals surface area contributed by atoms with Crippen molar-refractivity contribution in [3.05, 3.63) is 56.4 Å². The molecule has 1 fully saturated rings. The molecule has 0 bridgehead atoms. The SMILES string of the molecule is CO[C@H]1Cn2c(=O)nc(N3C[C@@H](C)N[C@@H](C)C3)c3cc(C(F)(F)F)cc(c32)[SH](c2cc(Br)c(F)cc2F)C1. The largest absolute Gasteiger partial charge is 0.416 e. The summed E-state index contributed by atoms with van der Waals surface area (Å²) in [6.07, 6.45) is -5.32. The summed E-state index contributed by atoms with van der Waals surface area (Å²) in [6, 6.07) is 4.02. The van der Waals surface area contributed by atoms with Crippen LogP contribution in [0.4, 0.5) is 27.8 Å². The normalized spacial score (nSPS) is 25.0. The smallest absolute Gasteiger partial charge is 0.379 e. The Bertz CT molecular complexity index is 1460. The molecule has 2 aliphatic heterocycles. The molecule has 206 valence electrons. The number of thiol groups is 1. The lowest BCUT2D eigenvalue weighted by molar-refractivity contribution is -0.137. The van der Waals surface area contributed by atoms with Crippen LogP contribution >= 0.6 is 26.8 Å². The van der Waals surface area contributed by atoms with E-state index < -0.39 is 46.1 Å². The molecule has 1 aromatic heterocycles. The van der Waals surface area contributed by atoms with Gasteiger partial charge in [-0.2, -0.15) is 29.1 Å². The lowest BCUT2D eigenvalue weighted by Gasteiger charge is -2.37. The zero-order valence-electron chi connectivity index (χ0n) is 20.7. The average Bonchev–Trinajstić information content (AvgIpc) is 3.00. The minimum Gasteiger partial charge on any atom is -0.379 e. The van der Waals surface area contributed by atoms with Gasteiger partial charge < -0.3 is 15.0 Å². The first-order valence-electron chi connectivity index (χ1n) is 12.0. The zero-order valence-corrected chi connectivity index (χ0v) is 23.2. The maximum atomic E-state index is 15.2. The average molecular weight is 621 g/mol. The van der Waals surface area contributed by atoms with Gasteiger partial charge in [0.05, 0.1) is 28.2 Å². The van der Waals surface area contributed by atoms with Crippen LogP contribution in [0.3, 0.4) is 0 Å². The van der Waals surface area contributed by atoms with E-state index in [-0.39, 0.29) is 55.4 Å². The molecule has 1 unspecified atom stereocenters. The Kier molecular flexibility index (Phi) is 7.25. The molecule has 0 amide bonds. The fourth-order valence-electron chi connectivity index (χ4n) is 5.32. The van der Waals surface area contributed by atoms with Gasteiger partial charge in [0.2, 0.25) is 0 Å². The summed E-state index contributed by atoms with van der Waals surface area (Å²) in [4.78, 5) is 19.7. The second-order valence-electron chi connectivity index (χ2n) is 9.78. The highest BCUT2D eigenvalue weighted by Crippen LogP contribution is 2.53. The lowest BCUT2D eigenvalue weighted by Crippen LogP contribution is -2.55. The van der Waals surface area contributed by atoms with Crippen LogP contribution in [0.1, 0.15) is 19.4 Å². The van der Waals surface area contributed by atoms with Gasteiger partial charge in [0.25, 0.3) is 0 Å². The van der Waals surface area contributed by atoms with Crippen LogP contribution in [0.5, 0.6) is 0 Å². The van der Waals surface area contributed by atoms with E-state index in [1.54, 1.807) is 0 Å². The quantitative estimate of drug-likeness (QED) is 0.243. The first-order valence-corrected chi connectivity index (χ1v) is 14.3. The standard InChI is InChI=1S/C25H26BrF5N4O2S/c1-12-8-34(9-13(2)32-12)23-16-4-14(25(29,30)31)5-21-22(16)35(24(36)33-23)10-15(37-3)11-38(21)20-6-17(26)18(27)7-19(20)28/h4-7,12-13,15,32,38H,8-11H2,1-3H3/t12-,13+,15-/m0/s1. The van der Waals surface area contributed by atoms with Crippen LogP contribution in [0.15, 0.2) is 43.3 Å². The first-order chi connectivity index (χ1) is 17.9. The van der Waals surface area contributed by atoms with E-state index in [2.05, 4.69) is 26.2 Å². The van der Waals surface area contributed by atoms with E-state index in [0.29, 0.717) is 19.2 Å². The predicted octanol–water partition coefficient (Wildman–Crippen LogP) is 5.09. The van der Waals surface area contributed by atoms with E-state index in [9.17, 15) is 22.4 Å². The summed E-state index contributed by atoms with van der Waals surface area (Å²) < 4.78 is 78.9. The molecule has 1 saturated heterocycles. The molecule has 6 nitrogen and oxygen atoms in total. The summed E-state index contributed by atoms with van der Waals surface area (Å²) in [7, 11) is -0.401. The number of benzene rings is 2. The maximum absolute atomic E-state index is 15.2. The highest BCUT2D eigenvalue weighted by molar-refractivity contribution is 9.10. The van der Waals surface area contributed by atoms with E-state index in [1.165, 1.54) is 17.7 Å². The molecule has 1 N–H and O–H groups in total. The number of alkyl halides is 3. The number of ether oxygens (including phenoxy) is 1. The Morgan fingerprint density at radius 1 is 1.05 bits per heavy atom. The number of anilines is 1. The number of methoxy groups -OCH3 is 1. The molecule has 5 rings (SSSR count). The van der Waals surface area contributed by atoms with Crippen molar-refractivity contribution in [3.8, 4) is 0 Å². The highest BCUT2D eigenvalue weighted by Gasteiger charge is 2.37. The number of hydrogen-bond acceptors (Lipinski definition) is 5. The van der Waals surface area contributed by atoms with Crippen molar-refractivity contribution in [2.75, 3.05) is 30.9 Å². The van der Waals surface area contributed by atoms with Crippen molar-refractivity contribution in [1.82, 2.24) is 14.9 Å². The van der Waals surface area contributed by atoms with E-state index in [4.69, 9.17) is 4.74 Å². The Hall–Kier alpha value is -2.22. The van der Waals surface area contributed by atoms with Gasteiger partial charge in [-0.05, 0) is 48.0 Å². The number of nitrogens with one attached hydrogen (secondary N) is 1. The first kappa shape index (κ1) is 27.4. The monoisotopic (exact) mass is 620 g/mol. The van der Waals surface area contributed by atoms with Crippen LogP contribution in [0.25, 0.3) is 10.9 Å². The molecule has 2 aliphatic rings. The minimum atomic E-state index is -4.71. The second kappa shape index (κ2) is 10.1. The Balaban J connectivity index is 1.87. The van der Waals surface area contributed by atoms with Crippen LogP contribution in [-0.4, -0.2) is 53.7 Å². The van der Waals surface area contributed by atoms with Gasteiger partial charge in [-0.25, -0.2) is 13.6 Å². The molecule has 38 heavy (non-hydrogen) atoms. The summed E-state index contributed by atoms with van der Waals surface area (Å²) >= 11 is 3.08. The summed E-state index contributed by atoms with van der Waals surface area (Å²) in [5.41, 5.74) is -1.27. The van der Waals surface area contributed by atoms with Gasteiger partial charge in [0.15, 0.2) is 0 Å². The number of hydrogen-bond donors (Lipinski definition) is 2. The van der Waals surface area contributed by atoms with Crippen LogP contribution in [0, 0.1) is 11.6 Å². The minimum absolute atomic E-state index is 0.00515. The van der Waals surface area contributed by atoms with E-state index in [1.807, 2.05) is 18.7 Å². The van der Waals surface area contributed by atoms with Crippen molar-refractivity contribution in [1.29, 1.82) is 0 Å². The van der Waals surface area contributed by atoms with Crippen LogP contribution in [-0.2, 0) is 17.5 Å². The second-order valence-corrected chi connectivity index (χ2v) is 12.8. The van der Waals surface area contributed by atoms with Gasteiger partial charge in [0.1, 0.15) is 17.5 Å². The summed E-state index contributed by atoms with van der Waals surface area (Å²) in [5, 5.41) is 3.54. The van der Waals surface area contributed by atoms with Gasteiger partial charge >= 0.3 is 11.9 Å². The molecule has 0 radical (unpaired) electrons. The molecule has 3 aromatic rings. The van der Waals surface area contributed by atoms with Crippen LogP contribution in [0.2, 0.25) is 0 Å². The molecular weight excluding hydrogens is 595 g/mol. The Morgan fingerprint density at radius 3 is 2.37 bits per heavy atom. The zero-order chi connectivity index (χ0) is 27.5. The number of halogens is 6. The van der Waals surface area contributed by atoms with E-state index in [0.717, 1.165) is 12.1 Å². The molecule has 13 heteroatoms. The third-order valence-electron chi connectivity index (χ3n) is 6.89. The summed E-state index contributed by atoms with van der Waals surface area (Å²) in [5.74, 6) is -1.39. The van der Waals surface area contributed by atoms with Crippen LogP contribution < -0.4 is 15.9 Å². The molecule has 0 spiro atoms. The number of nitrogens with zero attached hydrogens (tertiary/aromatic N) is 3. The molecular formula is C25H26BrF5N4O2S. The lowest BCUT2D eigenvalue weighted by atomic mass is 10.1. The third kappa shape index (κ3) is 4.93. The van der Waals surface area contributed by atoms with Gasteiger partial charge in [-0.15, -0.1) is 0 Å². The van der Waals surface area contributed by atoms with Crippen molar-refractivity contribution in [2.45, 2.75) is 54.5 Å². The predicted molar refractivity (Wildman–Crippen MR) is 141 cm³/mol. The molecule has 0 aliphatic carbocycles. The third-order valence-corrected chi connectivity index (χ3v) is 10.1. The van der Waals surface area contributed by atoms with Crippen molar-refractivity contribution >= 4 is 43.5 Å². The maximum Gasteiger partial charge on any atom is 0.416 e. The number of aromatic nitrogens is 2. The number of piperazine rings is 1. The topological polar surface area (TPSA) is 59.4 Å². The van der Waals surface area contributed by atoms with Crippen molar-refractivity contribution in [2.24, 2.45) is 0 Å². The van der Waals surface area contributed by atoms with Gasteiger partial charge in [-0.3, -0.25) is 4.57 Å². The molecule has 0 saturated carbocycles. The highest BCUT2D eigenvalue weighted by atomic mass is 79.9. The fourth-order valence-corrected chi connectivity index (χ4v) is 8.56. The fraction of sp³-hybridized carbons (Fsp3) is 0.440. The molecule has 3 heterocycles. The summed E-state index contributed by atoms with van der Waals surface area (Å²) in [6.45, 7) is 4.82. The van der Waals surface area contributed by atoms with Crippen molar-refractivity contribution < 1.29 is 26.7 Å². The van der Waals surface area contributed by atoms with E-state index >= 15 is 4.39 Å².